The third-order valence-corrected chi connectivity index (χ3v) is 5.46. The summed E-state index contributed by atoms with van der Waals surface area (Å²) < 4.78 is 42.6. The normalized spacial score (nSPS) is 13.6. The van der Waals surface area contributed by atoms with E-state index in [-0.39, 0.29) is 11.6 Å². The minimum Gasteiger partial charge on any atom is -0.454 e. The number of carbonyl (C=O) groups is 2. The maximum Gasteiger partial charge on any atom is 0.331 e. The fourth-order valence-electron chi connectivity index (χ4n) is 2.90. The summed E-state index contributed by atoms with van der Waals surface area (Å²) in [5.41, 5.74) is 2.31. The van der Waals surface area contributed by atoms with E-state index in [1.165, 1.54) is 40.7 Å². The van der Waals surface area contributed by atoms with E-state index in [4.69, 9.17) is 4.74 Å². The Bertz CT molecular complexity index is 1040. The van der Waals surface area contributed by atoms with Gasteiger partial charge in [-0.05, 0) is 54.0 Å². The van der Waals surface area contributed by atoms with Crippen LogP contribution in [-0.2, 0) is 26.0 Å². The van der Waals surface area contributed by atoms with Gasteiger partial charge in [-0.25, -0.2) is 17.6 Å². The number of rotatable bonds is 6. The van der Waals surface area contributed by atoms with Crippen molar-refractivity contribution in [2.75, 3.05) is 23.7 Å². The van der Waals surface area contributed by atoms with Gasteiger partial charge < -0.3 is 4.74 Å². The number of hydrogen-bond donors (Lipinski definition) is 0. The summed E-state index contributed by atoms with van der Waals surface area (Å²) in [6.45, 7) is -0.0872. The van der Waals surface area contributed by atoms with Crippen LogP contribution in [0.3, 0.4) is 0 Å². The molecule has 0 fully saturated rings. The van der Waals surface area contributed by atoms with Crippen LogP contribution < -0.4 is 4.31 Å². The van der Waals surface area contributed by atoms with Crippen molar-refractivity contribution in [3.8, 4) is 0 Å². The van der Waals surface area contributed by atoms with E-state index in [1.807, 2.05) is 0 Å². The van der Waals surface area contributed by atoms with Gasteiger partial charge in [0, 0.05) is 18.2 Å². The van der Waals surface area contributed by atoms with Crippen molar-refractivity contribution < 1.29 is 27.1 Å². The topological polar surface area (TPSA) is 80.8 Å². The summed E-state index contributed by atoms with van der Waals surface area (Å²) in [5, 5.41) is 0. The van der Waals surface area contributed by atoms with E-state index < -0.39 is 22.6 Å². The second-order valence-electron chi connectivity index (χ2n) is 6.34. The first-order valence-electron chi connectivity index (χ1n) is 8.48. The molecule has 0 unspecified atom stereocenters. The van der Waals surface area contributed by atoms with Crippen LogP contribution in [0.15, 0.2) is 48.5 Å². The van der Waals surface area contributed by atoms with Crippen molar-refractivity contribution in [3.05, 3.63) is 71.0 Å². The van der Waals surface area contributed by atoms with E-state index in [0.29, 0.717) is 29.8 Å². The molecule has 0 saturated carbocycles. The maximum absolute atomic E-state index is 12.8. The summed E-state index contributed by atoms with van der Waals surface area (Å²) in [5.74, 6) is -1.45. The number of fused-ring (bicyclic) bond motifs is 1. The van der Waals surface area contributed by atoms with Crippen LogP contribution in [-0.4, -0.2) is 39.6 Å². The zero-order valence-electron chi connectivity index (χ0n) is 15.1. The van der Waals surface area contributed by atoms with Crippen LogP contribution in [0, 0.1) is 5.82 Å². The molecule has 0 spiro atoms. The molecule has 2 aromatic carbocycles. The van der Waals surface area contributed by atoms with Crippen molar-refractivity contribution in [3.63, 3.8) is 0 Å². The molecule has 0 bridgehead atoms. The molecule has 0 aromatic heterocycles. The van der Waals surface area contributed by atoms with Gasteiger partial charge in [0.2, 0.25) is 10.0 Å². The zero-order chi connectivity index (χ0) is 20.3. The summed E-state index contributed by atoms with van der Waals surface area (Å²) in [7, 11) is -3.35. The summed E-state index contributed by atoms with van der Waals surface area (Å²) in [6, 6.07) is 10.3. The van der Waals surface area contributed by atoms with E-state index in [1.54, 1.807) is 12.1 Å². The quantitative estimate of drug-likeness (QED) is 0.421. The molecule has 0 amide bonds. The highest BCUT2D eigenvalue weighted by atomic mass is 32.2. The number of benzene rings is 2. The predicted molar refractivity (Wildman–Crippen MR) is 103 cm³/mol. The molecular formula is C20H18FNO5S. The molecule has 146 valence electrons. The van der Waals surface area contributed by atoms with Crippen molar-refractivity contribution in [1.29, 1.82) is 0 Å². The number of carbonyl (C=O) groups excluding carboxylic acids is 2. The van der Waals surface area contributed by atoms with Crippen LogP contribution in [0.5, 0.6) is 0 Å². The highest BCUT2D eigenvalue weighted by molar-refractivity contribution is 7.92. The van der Waals surface area contributed by atoms with Gasteiger partial charge in [0.15, 0.2) is 12.4 Å². The molecule has 0 aliphatic carbocycles. The highest BCUT2D eigenvalue weighted by Gasteiger charge is 2.26. The lowest BCUT2D eigenvalue weighted by molar-refractivity contribution is -0.136. The Hall–Kier alpha value is -3.00. The smallest absolute Gasteiger partial charge is 0.331 e. The third-order valence-electron chi connectivity index (χ3n) is 4.28. The zero-order valence-corrected chi connectivity index (χ0v) is 15.9. The number of nitrogens with zero attached hydrogens (tertiary/aromatic N) is 1. The van der Waals surface area contributed by atoms with Gasteiger partial charge in [-0.3, -0.25) is 9.10 Å². The lowest BCUT2D eigenvalue weighted by Crippen LogP contribution is -2.27. The molecule has 0 atom stereocenters. The van der Waals surface area contributed by atoms with Gasteiger partial charge in [0.25, 0.3) is 0 Å². The van der Waals surface area contributed by atoms with Gasteiger partial charge in [0.05, 0.1) is 11.9 Å². The Morgan fingerprint density at radius 3 is 2.57 bits per heavy atom. The van der Waals surface area contributed by atoms with E-state index in [9.17, 15) is 22.4 Å². The molecule has 28 heavy (non-hydrogen) atoms. The average Bonchev–Trinajstić information content (AvgIpc) is 3.09. The molecule has 3 rings (SSSR count). The number of esters is 1. The molecule has 6 nitrogen and oxygen atoms in total. The number of sulfonamides is 1. The van der Waals surface area contributed by atoms with Gasteiger partial charge in [-0.2, -0.15) is 0 Å². The Kier molecular flexibility index (Phi) is 5.60. The van der Waals surface area contributed by atoms with Crippen LogP contribution >= 0.6 is 0 Å². The van der Waals surface area contributed by atoms with Crippen LogP contribution in [0.25, 0.3) is 6.08 Å². The monoisotopic (exact) mass is 403 g/mol. The number of anilines is 1. The summed E-state index contributed by atoms with van der Waals surface area (Å²) in [6.07, 6.45) is 4.28. The van der Waals surface area contributed by atoms with Crippen LogP contribution in [0.2, 0.25) is 0 Å². The second-order valence-corrected chi connectivity index (χ2v) is 8.25. The molecule has 0 N–H and O–H groups in total. The van der Waals surface area contributed by atoms with Crippen molar-refractivity contribution in [2.45, 2.75) is 6.42 Å². The lowest BCUT2D eigenvalue weighted by Gasteiger charge is -2.16. The number of ketones is 1. The summed E-state index contributed by atoms with van der Waals surface area (Å²) >= 11 is 0. The third kappa shape index (κ3) is 4.64. The molecular weight excluding hydrogens is 385 g/mol. The molecule has 1 aliphatic rings. The predicted octanol–water partition coefficient (Wildman–Crippen LogP) is 2.59. The minimum absolute atomic E-state index is 0.342. The van der Waals surface area contributed by atoms with Crippen molar-refractivity contribution in [1.82, 2.24) is 0 Å². The first-order valence-corrected chi connectivity index (χ1v) is 10.3. The molecule has 0 saturated heterocycles. The fraction of sp³-hybridized carbons (Fsp3) is 0.200. The average molecular weight is 403 g/mol. The summed E-state index contributed by atoms with van der Waals surface area (Å²) in [4.78, 5) is 24.0. The van der Waals surface area contributed by atoms with E-state index in [0.717, 1.165) is 17.9 Å². The maximum atomic E-state index is 12.8. The molecule has 1 heterocycles. The molecule has 0 radical (unpaired) electrons. The first-order chi connectivity index (χ1) is 13.2. The number of Topliss-reactive ketones (excluding diaryl/α,β-unsaturated/α-hetero) is 1. The van der Waals surface area contributed by atoms with Gasteiger partial charge in [0.1, 0.15) is 5.82 Å². The van der Waals surface area contributed by atoms with E-state index in [2.05, 4.69) is 0 Å². The SMILES string of the molecule is CS(=O)(=O)N1CCc2cc(C(=O)COC(=O)/C=C/c3ccc(F)cc3)ccc21. The van der Waals surface area contributed by atoms with E-state index >= 15 is 0 Å². The number of hydrogen-bond acceptors (Lipinski definition) is 5. The van der Waals surface area contributed by atoms with Crippen molar-refractivity contribution in [2.24, 2.45) is 0 Å². The minimum atomic E-state index is -3.35. The lowest BCUT2D eigenvalue weighted by atomic mass is 10.1. The Morgan fingerprint density at radius 1 is 1.18 bits per heavy atom. The van der Waals surface area contributed by atoms with Gasteiger partial charge in [-0.1, -0.05) is 12.1 Å². The van der Waals surface area contributed by atoms with Gasteiger partial charge >= 0.3 is 5.97 Å². The van der Waals surface area contributed by atoms with Crippen LogP contribution in [0.1, 0.15) is 21.5 Å². The molecule has 1 aliphatic heterocycles. The Morgan fingerprint density at radius 2 is 1.89 bits per heavy atom. The molecule has 2 aromatic rings. The van der Waals surface area contributed by atoms with Gasteiger partial charge in [-0.15, -0.1) is 0 Å². The Labute approximate surface area is 162 Å². The standard InChI is InChI=1S/C20H18FNO5S/c1-28(25,26)22-11-10-15-12-16(5-8-18(15)22)19(23)13-27-20(24)9-4-14-2-6-17(21)7-3-14/h2-9,12H,10-11,13H2,1H3/b9-4+. The highest BCUT2D eigenvalue weighted by Crippen LogP contribution is 2.30. The van der Waals surface area contributed by atoms with Crippen LogP contribution in [0.4, 0.5) is 10.1 Å². The number of halogens is 1. The fourth-order valence-corrected chi connectivity index (χ4v) is 3.85. The first kappa shape index (κ1) is 19.8. The molecule has 8 heteroatoms. The van der Waals surface area contributed by atoms with Crippen molar-refractivity contribution >= 4 is 33.5 Å². The Balaban J connectivity index is 1.59. The number of ether oxygens (including phenoxy) is 1. The second kappa shape index (κ2) is 7.93. The largest absolute Gasteiger partial charge is 0.454 e.